The number of hydrogen-bond donors (Lipinski definition) is 2. The normalized spacial score (nSPS) is 16.5. The van der Waals surface area contributed by atoms with Crippen molar-refractivity contribution in [2.75, 3.05) is 20.2 Å². The van der Waals surface area contributed by atoms with Gasteiger partial charge < -0.3 is 14.7 Å². The van der Waals surface area contributed by atoms with E-state index < -0.39 is 6.10 Å². The number of aromatic amines is 1. The second kappa shape index (κ2) is 7.95. The van der Waals surface area contributed by atoms with E-state index >= 15 is 0 Å². The number of aromatic nitrogens is 5. The summed E-state index contributed by atoms with van der Waals surface area (Å²) in [6.45, 7) is 2.56. The van der Waals surface area contributed by atoms with Crippen LogP contribution in [0.3, 0.4) is 0 Å². The lowest BCUT2D eigenvalue weighted by molar-refractivity contribution is -0.145. The lowest BCUT2D eigenvalue weighted by Crippen LogP contribution is -2.53. The zero-order valence-corrected chi connectivity index (χ0v) is 19.2. The maximum atomic E-state index is 11.9. The highest BCUT2D eigenvalue weighted by Crippen LogP contribution is 2.38. The van der Waals surface area contributed by atoms with Crippen LogP contribution in [-0.4, -0.2) is 67.2 Å². The molecule has 3 aromatic heterocycles. The largest absolute Gasteiger partial charge is 0.494 e. The number of aryl methyl sites for hydroxylation is 1. The van der Waals surface area contributed by atoms with Crippen LogP contribution in [0.4, 0.5) is 0 Å². The molecule has 2 N–H and O–H groups in total. The zero-order chi connectivity index (χ0) is 23.4. The number of fused-ring (bicyclic) bond motifs is 2. The van der Waals surface area contributed by atoms with Gasteiger partial charge in [-0.2, -0.15) is 10.2 Å². The average Bonchev–Trinajstić information content (AvgIpc) is 3.55. The van der Waals surface area contributed by atoms with E-state index in [2.05, 4.69) is 33.5 Å². The Morgan fingerprint density at radius 2 is 2.12 bits per heavy atom. The minimum absolute atomic E-state index is 0.0807. The summed E-state index contributed by atoms with van der Waals surface area (Å²) in [5.74, 6) is 0.469. The minimum Gasteiger partial charge on any atom is -0.494 e. The molecule has 0 bridgehead atoms. The van der Waals surface area contributed by atoms with Crippen molar-refractivity contribution in [3.05, 3.63) is 47.8 Å². The molecule has 0 saturated carbocycles. The second-order valence-electron chi connectivity index (χ2n) is 9.09. The van der Waals surface area contributed by atoms with E-state index in [0.29, 0.717) is 13.1 Å². The third kappa shape index (κ3) is 3.27. The van der Waals surface area contributed by atoms with Gasteiger partial charge in [0.15, 0.2) is 0 Å². The number of carbonyl (C=O) groups is 1. The van der Waals surface area contributed by atoms with Gasteiger partial charge in [0.05, 0.1) is 24.9 Å². The molecule has 0 spiro atoms. The van der Waals surface area contributed by atoms with Crippen molar-refractivity contribution in [1.29, 1.82) is 0 Å². The summed E-state index contributed by atoms with van der Waals surface area (Å²) in [4.78, 5) is 18.6. The lowest BCUT2D eigenvalue weighted by Gasteiger charge is -2.39. The van der Waals surface area contributed by atoms with Crippen molar-refractivity contribution in [3.63, 3.8) is 0 Å². The van der Waals surface area contributed by atoms with E-state index in [4.69, 9.17) is 9.72 Å². The van der Waals surface area contributed by atoms with E-state index in [1.165, 1.54) is 18.1 Å². The van der Waals surface area contributed by atoms with E-state index in [1.807, 2.05) is 16.9 Å². The Bertz CT molecular complexity index is 1400. The molecule has 4 heterocycles. The van der Waals surface area contributed by atoms with E-state index in [0.717, 1.165) is 58.6 Å². The Kier molecular flexibility index (Phi) is 4.88. The number of hydrogen-bond acceptors (Lipinski definition) is 6. The number of ether oxygens (including phenoxy) is 1. The number of rotatable bonds is 5. The lowest BCUT2D eigenvalue weighted by atomic mass is 9.99. The van der Waals surface area contributed by atoms with Gasteiger partial charge in [0.2, 0.25) is 0 Å². The molecule has 6 rings (SSSR count). The van der Waals surface area contributed by atoms with Crippen LogP contribution in [0.25, 0.3) is 33.5 Å². The molecule has 9 nitrogen and oxygen atoms in total. The number of carbonyl (C=O) groups excluding carboxylic acids is 1. The zero-order valence-electron chi connectivity index (χ0n) is 19.2. The molecule has 1 fully saturated rings. The van der Waals surface area contributed by atoms with Gasteiger partial charge in [0.1, 0.15) is 28.8 Å². The van der Waals surface area contributed by atoms with Crippen molar-refractivity contribution >= 4 is 16.9 Å². The molecule has 1 amide bonds. The number of nitrogens with one attached hydrogen (secondary N) is 1. The number of likely N-dealkylation sites (tertiary alicyclic amines) is 1. The van der Waals surface area contributed by atoms with Crippen LogP contribution in [-0.2, 0) is 17.6 Å². The number of aliphatic hydroxyl groups is 1. The Morgan fingerprint density at radius 1 is 1.26 bits per heavy atom. The van der Waals surface area contributed by atoms with Crippen molar-refractivity contribution in [1.82, 2.24) is 29.9 Å². The van der Waals surface area contributed by atoms with Gasteiger partial charge >= 0.3 is 0 Å². The number of H-pyrrole nitrogens is 1. The third-order valence-corrected chi connectivity index (χ3v) is 6.90. The Labute approximate surface area is 196 Å². The Hall–Kier alpha value is -3.72. The topological polar surface area (TPSA) is 109 Å². The molecule has 1 aliphatic carbocycles. The molecular formula is C25H26N6O3. The smallest absolute Gasteiger partial charge is 0.251 e. The molecule has 1 unspecified atom stereocenters. The monoisotopic (exact) mass is 458 g/mol. The van der Waals surface area contributed by atoms with Crippen molar-refractivity contribution in [2.45, 2.75) is 38.3 Å². The minimum atomic E-state index is -0.979. The van der Waals surface area contributed by atoms with Crippen molar-refractivity contribution in [3.8, 4) is 28.3 Å². The molecule has 1 aromatic carbocycles. The van der Waals surface area contributed by atoms with E-state index in [9.17, 15) is 9.90 Å². The standard InChI is InChI=1S/C25H26N6O3/c1-14(32)25(33)30-12-17(13-30)31-11-16(10-26-31)22-24-20(28-29-22)9-21(34-2)23(27-24)19-8-4-6-15-5-3-7-18(15)19/h4,6,8-11,14,17,32H,3,5,7,12-13H2,1-2H3,(H,28,29). The Morgan fingerprint density at radius 3 is 2.91 bits per heavy atom. The van der Waals surface area contributed by atoms with Crippen LogP contribution in [0.1, 0.15) is 30.5 Å². The van der Waals surface area contributed by atoms with Gasteiger partial charge in [-0.25, -0.2) is 4.98 Å². The van der Waals surface area contributed by atoms with Crippen LogP contribution in [0, 0.1) is 0 Å². The number of aliphatic hydroxyl groups excluding tert-OH is 1. The SMILES string of the molecule is COc1cc2[nH]nc(-c3cnn(C4CN(C(=O)C(C)O)C4)c3)c2nc1-c1cccc2c1CCC2. The maximum Gasteiger partial charge on any atom is 0.251 e. The molecule has 1 aliphatic heterocycles. The van der Waals surface area contributed by atoms with Gasteiger partial charge in [0, 0.05) is 36.5 Å². The van der Waals surface area contributed by atoms with E-state index in [-0.39, 0.29) is 11.9 Å². The quantitative estimate of drug-likeness (QED) is 0.476. The predicted octanol–water partition coefficient (Wildman–Crippen LogP) is 2.75. The number of methoxy groups -OCH3 is 1. The first-order valence-corrected chi connectivity index (χ1v) is 11.6. The second-order valence-corrected chi connectivity index (χ2v) is 9.09. The highest BCUT2D eigenvalue weighted by Gasteiger charge is 2.34. The van der Waals surface area contributed by atoms with Crippen LogP contribution >= 0.6 is 0 Å². The molecule has 1 atom stereocenters. The fourth-order valence-electron chi connectivity index (χ4n) is 5.05. The molecule has 34 heavy (non-hydrogen) atoms. The van der Waals surface area contributed by atoms with Crippen LogP contribution < -0.4 is 4.74 Å². The summed E-state index contributed by atoms with van der Waals surface area (Å²) in [5, 5.41) is 21.6. The summed E-state index contributed by atoms with van der Waals surface area (Å²) in [6, 6.07) is 8.45. The molecule has 9 heteroatoms. The van der Waals surface area contributed by atoms with Gasteiger partial charge in [-0.15, -0.1) is 0 Å². The molecule has 1 saturated heterocycles. The highest BCUT2D eigenvalue weighted by atomic mass is 16.5. The molecule has 174 valence electrons. The van der Waals surface area contributed by atoms with Crippen LogP contribution in [0.15, 0.2) is 36.7 Å². The third-order valence-electron chi connectivity index (χ3n) is 6.90. The van der Waals surface area contributed by atoms with Gasteiger partial charge in [0.25, 0.3) is 5.91 Å². The first-order chi connectivity index (χ1) is 16.5. The predicted molar refractivity (Wildman–Crippen MR) is 126 cm³/mol. The van der Waals surface area contributed by atoms with Gasteiger partial charge in [-0.1, -0.05) is 18.2 Å². The fourth-order valence-corrected chi connectivity index (χ4v) is 5.05. The Balaban J connectivity index is 1.35. The van der Waals surface area contributed by atoms with E-state index in [1.54, 1.807) is 18.2 Å². The number of pyridine rings is 1. The van der Waals surface area contributed by atoms with Crippen LogP contribution in [0.2, 0.25) is 0 Å². The number of nitrogens with zero attached hydrogens (tertiary/aromatic N) is 5. The summed E-state index contributed by atoms with van der Waals surface area (Å²) >= 11 is 0. The maximum absolute atomic E-state index is 11.9. The summed E-state index contributed by atoms with van der Waals surface area (Å²) in [7, 11) is 1.67. The molecule has 2 aliphatic rings. The fraction of sp³-hybridized carbons (Fsp3) is 0.360. The summed E-state index contributed by atoms with van der Waals surface area (Å²) in [6.07, 6.45) is 6.05. The molecular weight excluding hydrogens is 432 g/mol. The number of amides is 1. The van der Waals surface area contributed by atoms with Gasteiger partial charge in [-0.05, 0) is 37.3 Å². The van der Waals surface area contributed by atoms with Crippen molar-refractivity contribution in [2.24, 2.45) is 0 Å². The van der Waals surface area contributed by atoms with Crippen molar-refractivity contribution < 1.29 is 14.6 Å². The average molecular weight is 459 g/mol. The molecule has 0 radical (unpaired) electrons. The first kappa shape index (κ1) is 20.9. The number of benzene rings is 1. The highest BCUT2D eigenvalue weighted by molar-refractivity contribution is 5.93. The summed E-state index contributed by atoms with van der Waals surface area (Å²) < 4.78 is 7.57. The first-order valence-electron chi connectivity index (χ1n) is 11.6. The molecule has 4 aromatic rings. The van der Waals surface area contributed by atoms with Crippen LogP contribution in [0.5, 0.6) is 5.75 Å². The summed E-state index contributed by atoms with van der Waals surface area (Å²) in [5.41, 5.74) is 7.84. The van der Waals surface area contributed by atoms with Gasteiger partial charge in [-0.3, -0.25) is 14.6 Å².